The monoisotopic (exact) mass is 429 g/mol. The lowest BCUT2D eigenvalue weighted by molar-refractivity contribution is 0.0620. The summed E-state index contributed by atoms with van der Waals surface area (Å²) in [6.07, 6.45) is 3.88. The molecule has 1 amide bonds. The lowest BCUT2D eigenvalue weighted by Crippen LogP contribution is -2.57. The number of carbonyl (C=O) groups excluding carboxylic acids is 1. The topological polar surface area (TPSA) is 63.6 Å². The van der Waals surface area contributed by atoms with Gasteiger partial charge in [-0.2, -0.15) is 0 Å². The molecule has 3 fully saturated rings. The fourth-order valence-electron chi connectivity index (χ4n) is 4.88. The van der Waals surface area contributed by atoms with Crippen molar-refractivity contribution in [1.82, 2.24) is 14.8 Å². The number of benzene rings is 2. The Bertz CT molecular complexity index is 1180. The minimum Gasteiger partial charge on any atom is -0.495 e. The second kappa shape index (κ2) is 8.63. The molecule has 2 bridgehead atoms. The highest BCUT2D eigenvalue weighted by Crippen LogP contribution is 2.30. The molecule has 6 nitrogen and oxygen atoms in total. The van der Waals surface area contributed by atoms with E-state index in [1.807, 2.05) is 48.5 Å². The van der Waals surface area contributed by atoms with Crippen LogP contribution in [0.1, 0.15) is 23.2 Å². The summed E-state index contributed by atoms with van der Waals surface area (Å²) in [6.45, 7) is 3.15. The molecule has 6 heteroatoms. The zero-order valence-corrected chi connectivity index (χ0v) is 18.2. The van der Waals surface area contributed by atoms with E-state index in [0.717, 1.165) is 43.6 Å². The van der Waals surface area contributed by atoms with E-state index in [4.69, 9.17) is 4.74 Å². The van der Waals surface area contributed by atoms with Crippen LogP contribution >= 0.6 is 0 Å². The molecule has 32 heavy (non-hydrogen) atoms. The van der Waals surface area contributed by atoms with Gasteiger partial charge in [-0.3, -0.25) is 14.2 Å². The third-order valence-electron chi connectivity index (χ3n) is 6.69. The van der Waals surface area contributed by atoms with Crippen LogP contribution in [-0.2, 0) is 0 Å². The fraction of sp³-hybridized carbons (Fsp3) is 0.308. The summed E-state index contributed by atoms with van der Waals surface area (Å²) in [5.74, 6) is 0.968. The zero-order chi connectivity index (χ0) is 22.1. The highest BCUT2D eigenvalue weighted by Gasteiger charge is 2.35. The van der Waals surface area contributed by atoms with Crippen molar-refractivity contribution in [2.45, 2.75) is 18.9 Å². The molecule has 6 rings (SSSR count). The summed E-state index contributed by atoms with van der Waals surface area (Å²) in [5, 5.41) is 3.20. The lowest BCUT2D eigenvalue weighted by atomic mass is 9.84. The number of nitrogens with one attached hydrogen (secondary N) is 1. The van der Waals surface area contributed by atoms with E-state index in [2.05, 4.69) is 10.2 Å². The van der Waals surface area contributed by atoms with Crippen molar-refractivity contribution >= 4 is 5.91 Å². The van der Waals surface area contributed by atoms with Crippen LogP contribution in [0.4, 0.5) is 0 Å². The number of amides is 1. The van der Waals surface area contributed by atoms with Crippen molar-refractivity contribution in [1.29, 1.82) is 0 Å². The van der Waals surface area contributed by atoms with Crippen molar-refractivity contribution in [2.24, 2.45) is 5.92 Å². The molecule has 3 aliphatic heterocycles. The number of piperidine rings is 3. The number of ether oxygens (including phenoxy) is 1. The largest absolute Gasteiger partial charge is 0.495 e. The molecule has 0 spiro atoms. The van der Waals surface area contributed by atoms with Gasteiger partial charge in [-0.05, 0) is 61.2 Å². The summed E-state index contributed by atoms with van der Waals surface area (Å²) in [5.41, 5.74) is 2.87. The van der Waals surface area contributed by atoms with Gasteiger partial charge in [-0.15, -0.1) is 0 Å². The summed E-state index contributed by atoms with van der Waals surface area (Å²) >= 11 is 0. The van der Waals surface area contributed by atoms with Crippen LogP contribution in [0, 0.1) is 5.92 Å². The van der Waals surface area contributed by atoms with Gasteiger partial charge < -0.3 is 15.0 Å². The first-order valence-electron chi connectivity index (χ1n) is 11.1. The Labute approximate surface area is 187 Å². The Morgan fingerprint density at radius 2 is 1.78 bits per heavy atom. The van der Waals surface area contributed by atoms with Crippen molar-refractivity contribution in [3.8, 4) is 22.6 Å². The standard InChI is InChI=1S/C26H27N3O3/c1-32-24-9-7-20(18-5-3-2-4-6-18)15-23(24)29-16-21(8-10-25(29)30)26(31)27-22-17-28-13-11-19(22)12-14-28/h2-10,15-16,19,22H,11-14,17H2,1H3,(H,27,31). The number of rotatable bonds is 5. The molecule has 0 saturated carbocycles. The van der Waals surface area contributed by atoms with Crippen molar-refractivity contribution in [3.63, 3.8) is 0 Å². The molecule has 164 valence electrons. The molecule has 3 aliphatic rings. The molecule has 3 saturated heterocycles. The molecule has 1 N–H and O–H groups in total. The minimum absolute atomic E-state index is 0.143. The second-order valence-corrected chi connectivity index (χ2v) is 8.60. The first kappa shape index (κ1) is 20.5. The molecule has 1 aromatic heterocycles. The Morgan fingerprint density at radius 3 is 2.47 bits per heavy atom. The highest BCUT2D eigenvalue weighted by molar-refractivity contribution is 5.94. The van der Waals surface area contributed by atoms with Crippen molar-refractivity contribution < 1.29 is 9.53 Å². The van der Waals surface area contributed by atoms with E-state index < -0.39 is 0 Å². The van der Waals surface area contributed by atoms with Gasteiger partial charge >= 0.3 is 0 Å². The number of methoxy groups -OCH3 is 1. The first-order valence-corrected chi connectivity index (χ1v) is 11.1. The molecular weight excluding hydrogens is 402 g/mol. The average molecular weight is 430 g/mol. The van der Waals surface area contributed by atoms with Crippen LogP contribution in [0.5, 0.6) is 5.75 Å². The van der Waals surface area contributed by atoms with Gasteiger partial charge in [0.2, 0.25) is 0 Å². The van der Waals surface area contributed by atoms with Gasteiger partial charge in [0, 0.05) is 24.8 Å². The average Bonchev–Trinajstić information content (AvgIpc) is 2.85. The predicted octanol–water partition coefficient (Wildman–Crippen LogP) is 3.34. The quantitative estimate of drug-likeness (QED) is 0.676. The van der Waals surface area contributed by atoms with Crippen LogP contribution in [0.25, 0.3) is 16.8 Å². The maximum absolute atomic E-state index is 13.1. The van der Waals surface area contributed by atoms with Gasteiger partial charge in [-0.25, -0.2) is 0 Å². The summed E-state index contributed by atoms with van der Waals surface area (Å²) in [6, 6.07) is 18.9. The summed E-state index contributed by atoms with van der Waals surface area (Å²) < 4.78 is 7.03. The minimum atomic E-state index is -0.215. The number of nitrogens with zero attached hydrogens (tertiary/aromatic N) is 2. The third-order valence-corrected chi connectivity index (χ3v) is 6.69. The number of fused-ring (bicyclic) bond motifs is 3. The van der Waals surface area contributed by atoms with E-state index in [1.165, 1.54) is 10.6 Å². The molecule has 2 aromatic carbocycles. The SMILES string of the molecule is COc1ccc(-c2ccccc2)cc1-n1cc(C(=O)NC2CN3CCC2CC3)ccc1=O. The number of hydrogen-bond acceptors (Lipinski definition) is 4. The van der Waals surface area contributed by atoms with Gasteiger partial charge in [0.15, 0.2) is 0 Å². The number of pyridine rings is 1. The van der Waals surface area contributed by atoms with E-state index >= 15 is 0 Å². The smallest absolute Gasteiger partial charge is 0.255 e. The molecule has 1 unspecified atom stereocenters. The molecule has 0 radical (unpaired) electrons. The molecule has 3 aromatic rings. The van der Waals surface area contributed by atoms with Crippen LogP contribution in [0.3, 0.4) is 0 Å². The van der Waals surface area contributed by atoms with Crippen LogP contribution in [0.15, 0.2) is 71.7 Å². The fourth-order valence-corrected chi connectivity index (χ4v) is 4.88. The van der Waals surface area contributed by atoms with Crippen LogP contribution in [0.2, 0.25) is 0 Å². The normalized spacial score (nSPS) is 21.8. The summed E-state index contributed by atoms with van der Waals surface area (Å²) in [7, 11) is 1.58. The Morgan fingerprint density at radius 1 is 1.00 bits per heavy atom. The Kier molecular flexibility index (Phi) is 5.53. The first-order chi connectivity index (χ1) is 15.6. The number of aromatic nitrogens is 1. The van der Waals surface area contributed by atoms with E-state index in [9.17, 15) is 9.59 Å². The van der Waals surface area contributed by atoms with Crippen LogP contribution in [-0.4, -0.2) is 48.2 Å². The third kappa shape index (κ3) is 3.94. The van der Waals surface area contributed by atoms with Gasteiger partial charge in [0.05, 0.1) is 18.4 Å². The van der Waals surface area contributed by atoms with E-state index in [-0.39, 0.29) is 17.5 Å². The highest BCUT2D eigenvalue weighted by atomic mass is 16.5. The molecule has 0 aliphatic carbocycles. The maximum atomic E-state index is 13.1. The summed E-state index contributed by atoms with van der Waals surface area (Å²) in [4.78, 5) is 28.2. The molecule has 4 heterocycles. The maximum Gasteiger partial charge on any atom is 0.255 e. The van der Waals surface area contributed by atoms with Crippen molar-refractivity contribution in [2.75, 3.05) is 26.7 Å². The van der Waals surface area contributed by atoms with Gasteiger partial charge in [0.1, 0.15) is 5.75 Å². The second-order valence-electron chi connectivity index (χ2n) is 8.60. The van der Waals surface area contributed by atoms with Crippen LogP contribution < -0.4 is 15.6 Å². The van der Waals surface area contributed by atoms with Gasteiger partial charge in [-0.1, -0.05) is 36.4 Å². The number of carbonyl (C=O) groups is 1. The predicted molar refractivity (Wildman–Crippen MR) is 124 cm³/mol. The Balaban J connectivity index is 1.47. The zero-order valence-electron chi connectivity index (χ0n) is 18.2. The number of hydrogen-bond donors (Lipinski definition) is 1. The van der Waals surface area contributed by atoms with Crippen molar-refractivity contribution in [3.05, 3.63) is 82.8 Å². The molecule has 1 atom stereocenters. The van der Waals surface area contributed by atoms with Gasteiger partial charge in [0.25, 0.3) is 11.5 Å². The lowest BCUT2D eigenvalue weighted by Gasteiger charge is -2.44. The van der Waals surface area contributed by atoms with E-state index in [0.29, 0.717) is 22.9 Å². The van der Waals surface area contributed by atoms with E-state index in [1.54, 1.807) is 19.4 Å². The molecular formula is C26H27N3O3. The Hall–Kier alpha value is -3.38.